The molecule has 0 aliphatic heterocycles. The van der Waals surface area contributed by atoms with Crippen LogP contribution in [0.15, 0.2) is 47.3 Å². The number of benzene rings is 2. The second kappa shape index (κ2) is 10.1. The number of rotatable bonds is 8. The number of nitrogens with one attached hydrogen (secondary N) is 1. The lowest BCUT2D eigenvalue weighted by molar-refractivity contribution is 0.0935. The number of carbonyl (C=O) groups excluding carboxylic acids is 1. The molecule has 0 spiro atoms. The highest BCUT2D eigenvalue weighted by molar-refractivity contribution is 6.31. The summed E-state index contributed by atoms with van der Waals surface area (Å²) >= 11 is 6.46. The van der Waals surface area contributed by atoms with Gasteiger partial charge in [0.05, 0.1) is 17.1 Å². The average Bonchev–Trinajstić information content (AvgIpc) is 2.77. The van der Waals surface area contributed by atoms with Gasteiger partial charge in [-0.15, -0.1) is 0 Å². The zero-order valence-corrected chi connectivity index (χ0v) is 19.2. The molecule has 0 aliphatic rings. The van der Waals surface area contributed by atoms with Crippen LogP contribution in [0.4, 0.5) is 0 Å². The lowest BCUT2D eigenvalue weighted by atomic mass is 10.0. The van der Waals surface area contributed by atoms with E-state index >= 15 is 0 Å². The number of aromatic nitrogens is 2. The molecule has 0 bridgehead atoms. The molecule has 6 nitrogen and oxygen atoms in total. The second-order valence-electron chi connectivity index (χ2n) is 7.42. The Hall–Kier alpha value is -2.70. The van der Waals surface area contributed by atoms with E-state index in [0.717, 1.165) is 24.2 Å². The maximum Gasteiger partial charge on any atom is 0.272 e. The molecule has 31 heavy (non-hydrogen) atoms. The molecule has 1 atom stereocenters. The number of hydrogen-bond acceptors (Lipinski definition) is 4. The zero-order valence-electron chi connectivity index (χ0n) is 18.5. The molecule has 1 aromatic heterocycles. The molecule has 1 N–H and O–H groups in total. The molecule has 7 heteroatoms. The minimum atomic E-state index is -0.181. The molecule has 1 amide bonds. The molecule has 0 radical (unpaired) electrons. The van der Waals surface area contributed by atoms with E-state index in [4.69, 9.17) is 11.6 Å². The number of likely N-dealkylation sites (N-methyl/N-ethyl adjacent to an activating group) is 1. The Morgan fingerprint density at radius 2 is 1.87 bits per heavy atom. The van der Waals surface area contributed by atoms with Crippen molar-refractivity contribution in [3.05, 3.63) is 74.7 Å². The SMILES string of the molecule is CCN(CC)[C@@H](CNC(=O)c1ccc2c(c1)nc(C)c(=O)n2CC)c1ccccc1Cl. The normalized spacial score (nSPS) is 12.3. The fourth-order valence-electron chi connectivity index (χ4n) is 3.97. The first-order chi connectivity index (χ1) is 14.9. The molecule has 2 aromatic carbocycles. The summed E-state index contributed by atoms with van der Waals surface area (Å²) in [5.74, 6) is -0.181. The van der Waals surface area contributed by atoms with Crippen molar-refractivity contribution >= 4 is 28.5 Å². The van der Waals surface area contributed by atoms with Gasteiger partial charge >= 0.3 is 0 Å². The monoisotopic (exact) mass is 440 g/mol. The summed E-state index contributed by atoms with van der Waals surface area (Å²) in [5, 5.41) is 3.75. The van der Waals surface area contributed by atoms with Gasteiger partial charge in [0.15, 0.2) is 0 Å². The topological polar surface area (TPSA) is 67.2 Å². The van der Waals surface area contributed by atoms with Crippen LogP contribution in [0, 0.1) is 6.92 Å². The van der Waals surface area contributed by atoms with Gasteiger partial charge in [0, 0.05) is 23.7 Å². The largest absolute Gasteiger partial charge is 0.350 e. The van der Waals surface area contributed by atoms with E-state index < -0.39 is 0 Å². The molecule has 0 saturated carbocycles. The first-order valence-electron chi connectivity index (χ1n) is 10.7. The number of nitrogens with zero attached hydrogens (tertiary/aromatic N) is 3. The molecule has 0 aliphatic carbocycles. The molecule has 0 saturated heterocycles. The number of fused-ring (bicyclic) bond motifs is 1. The Morgan fingerprint density at radius 3 is 2.52 bits per heavy atom. The molecule has 1 heterocycles. The van der Waals surface area contributed by atoms with Crippen LogP contribution >= 0.6 is 11.6 Å². The second-order valence-corrected chi connectivity index (χ2v) is 7.83. The minimum Gasteiger partial charge on any atom is -0.350 e. The van der Waals surface area contributed by atoms with Gasteiger partial charge in [-0.1, -0.05) is 43.6 Å². The average molecular weight is 441 g/mol. The highest BCUT2D eigenvalue weighted by Gasteiger charge is 2.21. The lowest BCUT2D eigenvalue weighted by Crippen LogP contribution is -2.38. The summed E-state index contributed by atoms with van der Waals surface area (Å²) in [5.41, 5.74) is 3.19. The van der Waals surface area contributed by atoms with Crippen LogP contribution in [-0.4, -0.2) is 40.0 Å². The Morgan fingerprint density at radius 1 is 1.16 bits per heavy atom. The summed E-state index contributed by atoms with van der Waals surface area (Å²) in [7, 11) is 0. The number of aryl methyl sites for hydroxylation is 2. The van der Waals surface area contributed by atoms with Crippen LogP contribution in [0.25, 0.3) is 11.0 Å². The summed E-state index contributed by atoms with van der Waals surface area (Å²) in [6.07, 6.45) is 0. The van der Waals surface area contributed by atoms with Gasteiger partial charge in [0.25, 0.3) is 11.5 Å². The predicted molar refractivity (Wildman–Crippen MR) is 126 cm³/mol. The highest BCUT2D eigenvalue weighted by Crippen LogP contribution is 2.27. The molecule has 0 unspecified atom stereocenters. The number of carbonyl (C=O) groups is 1. The Balaban J connectivity index is 1.87. The smallest absolute Gasteiger partial charge is 0.272 e. The first kappa shape index (κ1) is 23.0. The van der Waals surface area contributed by atoms with E-state index in [-0.39, 0.29) is 17.5 Å². The fraction of sp³-hybridized carbons (Fsp3) is 0.375. The van der Waals surface area contributed by atoms with Crippen molar-refractivity contribution in [3.8, 4) is 0 Å². The van der Waals surface area contributed by atoms with E-state index in [9.17, 15) is 9.59 Å². The zero-order chi connectivity index (χ0) is 22.5. The van der Waals surface area contributed by atoms with E-state index in [1.54, 1.807) is 29.7 Å². The number of hydrogen-bond donors (Lipinski definition) is 1. The standard InChI is InChI=1S/C24H29ClN4O2/c1-5-28(6-2)22(18-10-8-9-11-19(18)25)15-26-23(30)17-12-13-21-20(14-17)27-16(4)24(31)29(21)7-3/h8-14,22H,5-7,15H2,1-4H3,(H,26,30)/t22-/m0/s1. The van der Waals surface area contributed by atoms with Gasteiger partial charge in [0.2, 0.25) is 0 Å². The predicted octanol–water partition coefficient (Wildman–Crippen LogP) is 4.19. The van der Waals surface area contributed by atoms with Gasteiger partial charge in [0.1, 0.15) is 5.69 Å². The molecule has 3 aromatic rings. The van der Waals surface area contributed by atoms with Crippen molar-refractivity contribution in [2.75, 3.05) is 19.6 Å². The van der Waals surface area contributed by atoms with Crippen molar-refractivity contribution in [1.29, 1.82) is 0 Å². The van der Waals surface area contributed by atoms with Crippen LogP contribution in [0.1, 0.15) is 48.4 Å². The van der Waals surface area contributed by atoms with E-state index in [1.807, 2.05) is 31.2 Å². The third kappa shape index (κ3) is 4.81. The van der Waals surface area contributed by atoms with Gasteiger partial charge < -0.3 is 9.88 Å². The summed E-state index contributed by atoms with van der Waals surface area (Å²) in [6, 6.07) is 13.0. The van der Waals surface area contributed by atoms with E-state index in [0.29, 0.717) is 34.9 Å². The van der Waals surface area contributed by atoms with E-state index in [1.165, 1.54) is 0 Å². The molecular formula is C24H29ClN4O2. The Labute approximate surface area is 187 Å². The van der Waals surface area contributed by atoms with Crippen LogP contribution in [0.5, 0.6) is 0 Å². The third-order valence-corrected chi connectivity index (χ3v) is 6.00. The fourth-order valence-corrected chi connectivity index (χ4v) is 4.23. The van der Waals surface area contributed by atoms with Gasteiger partial charge in [-0.25, -0.2) is 4.98 Å². The molecular weight excluding hydrogens is 412 g/mol. The Kier molecular flexibility index (Phi) is 7.46. The molecule has 3 rings (SSSR count). The maximum absolute atomic E-state index is 13.0. The van der Waals surface area contributed by atoms with Crippen molar-refractivity contribution in [3.63, 3.8) is 0 Å². The van der Waals surface area contributed by atoms with Crippen LogP contribution in [-0.2, 0) is 6.54 Å². The summed E-state index contributed by atoms with van der Waals surface area (Å²) in [6.45, 7) is 10.5. The summed E-state index contributed by atoms with van der Waals surface area (Å²) in [4.78, 5) is 31.9. The van der Waals surface area contributed by atoms with Crippen molar-refractivity contribution in [2.45, 2.75) is 40.3 Å². The van der Waals surface area contributed by atoms with Crippen LogP contribution in [0.3, 0.4) is 0 Å². The quantitative estimate of drug-likeness (QED) is 0.570. The maximum atomic E-state index is 13.0. The van der Waals surface area contributed by atoms with Crippen LogP contribution < -0.4 is 10.9 Å². The van der Waals surface area contributed by atoms with Crippen LogP contribution in [0.2, 0.25) is 5.02 Å². The molecule has 164 valence electrons. The third-order valence-electron chi connectivity index (χ3n) is 5.66. The highest BCUT2D eigenvalue weighted by atomic mass is 35.5. The van der Waals surface area contributed by atoms with Gasteiger partial charge in [-0.2, -0.15) is 0 Å². The first-order valence-corrected chi connectivity index (χ1v) is 11.1. The van der Waals surface area contributed by atoms with Gasteiger partial charge in [-0.05, 0) is 56.8 Å². The molecule has 0 fully saturated rings. The van der Waals surface area contributed by atoms with Gasteiger partial charge in [-0.3, -0.25) is 14.5 Å². The Bertz CT molecular complexity index is 1140. The van der Waals surface area contributed by atoms with E-state index in [2.05, 4.69) is 29.0 Å². The number of amides is 1. The van der Waals surface area contributed by atoms with Crippen molar-refractivity contribution in [2.24, 2.45) is 0 Å². The number of halogens is 1. The lowest BCUT2D eigenvalue weighted by Gasteiger charge is -2.31. The minimum absolute atomic E-state index is 0.0289. The van der Waals surface area contributed by atoms with Crippen molar-refractivity contribution < 1.29 is 4.79 Å². The summed E-state index contributed by atoms with van der Waals surface area (Å²) < 4.78 is 1.67. The van der Waals surface area contributed by atoms with Crippen molar-refractivity contribution in [1.82, 2.24) is 19.8 Å².